The third kappa shape index (κ3) is 3.77. The van der Waals surface area contributed by atoms with Crippen LogP contribution in [0.4, 0.5) is 0 Å². The van der Waals surface area contributed by atoms with Crippen molar-refractivity contribution in [2.75, 3.05) is 6.61 Å². The zero-order valence-corrected chi connectivity index (χ0v) is 10.2. The summed E-state index contributed by atoms with van der Waals surface area (Å²) in [6, 6.07) is 2.09. The molecule has 4 heteroatoms. The quantitative estimate of drug-likeness (QED) is 0.875. The molecule has 0 unspecified atom stereocenters. The predicted molar refractivity (Wildman–Crippen MR) is 60.0 cm³/mol. The third-order valence-electron chi connectivity index (χ3n) is 1.76. The van der Waals surface area contributed by atoms with E-state index in [4.69, 9.17) is 5.11 Å². The van der Waals surface area contributed by atoms with Gasteiger partial charge in [0.1, 0.15) is 0 Å². The predicted octanol–water partition coefficient (Wildman–Crippen LogP) is 2.37. The summed E-state index contributed by atoms with van der Waals surface area (Å²) in [5.74, 6) is 0. The molecule has 1 heterocycles. The van der Waals surface area contributed by atoms with Gasteiger partial charge in [0.15, 0.2) is 0 Å². The second kappa shape index (κ2) is 4.55. The van der Waals surface area contributed by atoms with Gasteiger partial charge in [-0.25, -0.2) is 0 Å². The third-order valence-corrected chi connectivity index (χ3v) is 3.46. The molecular weight excluding hydrogens is 250 g/mol. The minimum absolute atomic E-state index is 0.152. The lowest BCUT2D eigenvalue weighted by atomic mass is 10.1. The molecule has 74 valence electrons. The summed E-state index contributed by atoms with van der Waals surface area (Å²) in [7, 11) is 0. The van der Waals surface area contributed by atoms with E-state index >= 15 is 0 Å². The average Bonchev–Trinajstić information content (AvgIpc) is 2.48. The number of aliphatic hydroxyl groups is 1. The minimum Gasteiger partial charge on any atom is -0.394 e. The molecular formula is C9H14BrNOS. The fraction of sp³-hybridized carbons (Fsp3) is 0.556. The van der Waals surface area contributed by atoms with Crippen LogP contribution < -0.4 is 5.32 Å². The molecule has 0 aliphatic heterocycles. The van der Waals surface area contributed by atoms with Crippen LogP contribution in [0.1, 0.15) is 18.7 Å². The smallest absolute Gasteiger partial charge is 0.0607 e. The molecule has 0 saturated heterocycles. The standard InChI is InChI=1S/C9H14BrNOS/c1-9(2,6-12)11-4-8-3-7(10)5-13-8/h3,5,11-12H,4,6H2,1-2H3. The lowest BCUT2D eigenvalue weighted by molar-refractivity contribution is 0.187. The van der Waals surface area contributed by atoms with Crippen LogP contribution in [0.5, 0.6) is 0 Å². The van der Waals surface area contributed by atoms with E-state index in [0.717, 1.165) is 11.0 Å². The first kappa shape index (κ1) is 11.2. The monoisotopic (exact) mass is 263 g/mol. The molecule has 0 radical (unpaired) electrons. The summed E-state index contributed by atoms with van der Waals surface area (Å²) in [6.07, 6.45) is 0. The van der Waals surface area contributed by atoms with Crippen molar-refractivity contribution < 1.29 is 5.11 Å². The largest absolute Gasteiger partial charge is 0.394 e. The summed E-state index contributed by atoms with van der Waals surface area (Å²) in [6.45, 7) is 4.93. The Kier molecular flexibility index (Phi) is 3.91. The highest BCUT2D eigenvalue weighted by atomic mass is 79.9. The second-order valence-electron chi connectivity index (χ2n) is 3.63. The zero-order valence-electron chi connectivity index (χ0n) is 7.80. The summed E-state index contributed by atoms with van der Waals surface area (Å²) in [4.78, 5) is 1.27. The molecule has 0 amide bonds. The second-order valence-corrected chi connectivity index (χ2v) is 5.54. The minimum atomic E-state index is -0.198. The Labute approximate surface area is 91.1 Å². The van der Waals surface area contributed by atoms with E-state index in [1.54, 1.807) is 11.3 Å². The SMILES string of the molecule is CC(C)(CO)NCc1cc(Br)cs1. The first-order valence-corrected chi connectivity index (χ1v) is 5.79. The van der Waals surface area contributed by atoms with Gasteiger partial charge in [-0.15, -0.1) is 11.3 Å². The van der Waals surface area contributed by atoms with Gasteiger partial charge in [-0.1, -0.05) is 0 Å². The number of rotatable bonds is 4. The molecule has 2 N–H and O–H groups in total. The van der Waals surface area contributed by atoms with Gasteiger partial charge < -0.3 is 10.4 Å². The number of halogens is 1. The van der Waals surface area contributed by atoms with Crippen molar-refractivity contribution in [2.24, 2.45) is 0 Å². The van der Waals surface area contributed by atoms with Gasteiger partial charge in [-0.05, 0) is 35.8 Å². The maximum absolute atomic E-state index is 9.01. The average molecular weight is 264 g/mol. The number of hydrogen-bond acceptors (Lipinski definition) is 3. The summed E-state index contributed by atoms with van der Waals surface area (Å²) in [5, 5.41) is 14.3. The molecule has 0 spiro atoms. The fourth-order valence-electron chi connectivity index (χ4n) is 0.829. The van der Waals surface area contributed by atoms with Crippen LogP contribution in [0.2, 0.25) is 0 Å². The van der Waals surface area contributed by atoms with Gasteiger partial charge in [0.05, 0.1) is 6.61 Å². The molecule has 0 aromatic carbocycles. The summed E-state index contributed by atoms with van der Waals surface area (Å²) >= 11 is 5.11. The Hall–Kier alpha value is 0.1000. The number of nitrogens with one attached hydrogen (secondary N) is 1. The van der Waals surface area contributed by atoms with Crippen molar-refractivity contribution in [3.8, 4) is 0 Å². The Bertz CT molecular complexity index is 272. The molecule has 13 heavy (non-hydrogen) atoms. The van der Waals surface area contributed by atoms with Crippen LogP contribution in [0.25, 0.3) is 0 Å². The molecule has 0 aliphatic carbocycles. The van der Waals surface area contributed by atoms with Gasteiger partial charge in [-0.2, -0.15) is 0 Å². The maximum Gasteiger partial charge on any atom is 0.0607 e. The van der Waals surface area contributed by atoms with Gasteiger partial charge >= 0.3 is 0 Å². The molecule has 0 bridgehead atoms. The van der Waals surface area contributed by atoms with Crippen LogP contribution in [0.3, 0.4) is 0 Å². The molecule has 1 aromatic heterocycles. The zero-order chi connectivity index (χ0) is 9.90. The Morgan fingerprint density at radius 3 is 2.77 bits per heavy atom. The number of thiophene rings is 1. The van der Waals surface area contributed by atoms with Crippen LogP contribution in [0.15, 0.2) is 15.9 Å². The summed E-state index contributed by atoms with van der Waals surface area (Å²) < 4.78 is 1.12. The van der Waals surface area contributed by atoms with E-state index in [9.17, 15) is 0 Å². The molecule has 1 rings (SSSR count). The normalized spacial score (nSPS) is 12.0. The van der Waals surface area contributed by atoms with Gasteiger partial charge in [0.2, 0.25) is 0 Å². The fourth-order valence-corrected chi connectivity index (χ4v) is 2.22. The van der Waals surface area contributed by atoms with Crippen molar-refractivity contribution >= 4 is 27.3 Å². The van der Waals surface area contributed by atoms with E-state index in [1.165, 1.54) is 4.88 Å². The van der Waals surface area contributed by atoms with E-state index in [-0.39, 0.29) is 12.1 Å². The Balaban J connectivity index is 2.43. The van der Waals surface area contributed by atoms with Crippen LogP contribution in [0, 0.1) is 0 Å². The highest BCUT2D eigenvalue weighted by molar-refractivity contribution is 9.10. The molecule has 0 fully saturated rings. The highest BCUT2D eigenvalue weighted by Crippen LogP contribution is 2.19. The molecule has 0 aliphatic rings. The van der Waals surface area contributed by atoms with Crippen LogP contribution >= 0.6 is 27.3 Å². The molecule has 2 nitrogen and oxygen atoms in total. The van der Waals surface area contributed by atoms with Crippen LogP contribution in [-0.2, 0) is 6.54 Å². The molecule has 0 saturated carbocycles. The van der Waals surface area contributed by atoms with E-state index in [2.05, 4.69) is 32.7 Å². The first-order chi connectivity index (χ1) is 6.03. The van der Waals surface area contributed by atoms with Gasteiger partial charge in [0, 0.05) is 26.8 Å². The molecule has 0 atom stereocenters. The Morgan fingerprint density at radius 2 is 2.31 bits per heavy atom. The van der Waals surface area contributed by atoms with Crippen molar-refractivity contribution in [3.05, 3.63) is 20.8 Å². The lowest BCUT2D eigenvalue weighted by Gasteiger charge is -2.22. The number of aliphatic hydroxyl groups excluding tert-OH is 1. The lowest BCUT2D eigenvalue weighted by Crippen LogP contribution is -2.41. The van der Waals surface area contributed by atoms with E-state index in [1.807, 2.05) is 13.8 Å². The maximum atomic E-state index is 9.01. The Morgan fingerprint density at radius 1 is 1.62 bits per heavy atom. The van der Waals surface area contributed by atoms with Crippen molar-refractivity contribution in [3.63, 3.8) is 0 Å². The van der Waals surface area contributed by atoms with Gasteiger partial charge in [-0.3, -0.25) is 0 Å². The van der Waals surface area contributed by atoms with Gasteiger partial charge in [0.25, 0.3) is 0 Å². The van der Waals surface area contributed by atoms with Crippen molar-refractivity contribution in [2.45, 2.75) is 25.9 Å². The van der Waals surface area contributed by atoms with Crippen molar-refractivity contribution in [1.29, 1.82) is 0 Å². The van der Waals surface area contributed by atoms with E-state index in [0.29, 0.717) is 0 Å². The first-order valence-electron chi connectivity index (χ1n) is 4.12. The highest BCUT2D eigenvalue weighted by Gasteiger charge is 2.14. The van der Waals surface area contributed by atoms with Crippen LogP contribution in [-0.4, -0.2) is 17.3 Å². The topological polar surface area (TPSA) is 32.3 Å². The molecule has 1 aromatic rings. The van der Waals surface area contributed by atoms with Crippen molar-refractivity contribution in [1.82, 2.24) is 5.32 Å². The summed E-state index contributed by atoms with van der Waals surface area (Å²) in [5.41, 5.74) is -0.198. The van der Waals surface area contributed by atoms with E-state index < -0.39 is 0 Å². The number of hydrogen-bond donors (Lipinski definition) is 2.